The van der Waals surface area contributed by atoms with Gasteiger partial charge in [0.15, 0.2) is 0 Å². The summed E-state index contributed by atoms with van der Waals surface area (Å²) in [5.74, 6) is 0. The summed E-state index contributed by atoms with van der Waals surface area (Å²) >= 11 is 1.63. The summed E-state index contributed by atoms with van der Waals surface area (Å²) in [6, 6.07) is 20.9. The van der Waals surface area contributed by atoms with Gasteiger partial charge < -0.3 is 14.6 Å². The Labute approximate surface area is 135 Å². The standard InChI is InChI=1S/C18H19N3S/c1-19-14-15-9-10-18(21-11-5-6-12-21)17(13-15)20-22-16-7-3-2-4-8-16/h2-13,19-20H,14H2,1H3. The highest BCUT2D eigenvalue weighted by atomic mass is 32.2. The summed E-state index contributed by atoms with van der Waals surface area (Å²) in [5.41, 5.74) is 3.51. The highest BCUT2D eigenvalue weighted by Gasteiger charge is 2.06. The third-order valence-corrected chi connectivity index (χ3v) is 4.18. The summed E-state index contributed by atoms with van der Waals surface area (Å²) in [7, 11) is 1.96. The zero-order valence-corrected chi connectivity index (χ0v) is 13.3. The molecule has 0 aliphatic carbocycles. The molecule has 0 bridgehead atoms. The van der Waals surface area contributed by atoms with Gasteiger partial charge in [-0.1, -0.05) is 24.3 Å². The lowest BCUT2D eigenvalue weighted by Gasteiger charge is -2.14. The summed E-state index contributed by atoms with van der Waals surface area (Å²) in [5, 5.41) is 3.20. The number of hydrogen-bond acceptors (Lipinski definition) is 3. The van der Waals surface area contributed by atoms with E-state index in [-0.39, 0.29) is 0 Å². The Hall–Kier alpha value is -2.17. The summed E-state index contributed by atoms with van der Waals surface area (Å²) in [6.45, 7) is 0.858. The van der Waals surface area contributed by atoms with E-state index in [0.29, 0.717) is 0 Å². The van der Waals surface area contributed by atoms with Crippen molar-refractivity contribution in [3.05, 3.63) is 78.6 Å². The molecular weight excluding hydrogens is 290 g/mol. The van der Waals surface area contributed by atoms with Gasteiger partial charge >= 0.3 is 0 Å². The fourth-order valence-electron chi connectivity index (χ4n) is 2.30. The molecule has 3 aromatic rings. The van der Waals surface area contributed by atoms with Crippen LogP contribution in [0.4, 0.5) is 5.69 Å². The van der Waals surface area contributed by atoms with Crippen molar-refractivity contribution >= 4 is 17.6 Å². The lowest BCUT2D eigenvalue weighted by atomic mass is 10.1. The largest absolute Gasteiger partial charge is 0.324 e. The third-order valence-electron chi connectivity index (χ3n) is 3.35. The minimum absolute atomic E-state index is 0.858. The number of aromatic nitrogens is 1. The monoisotopic (exact) mass is 309 g/mol. The second kappa shape index (κ2) is 7.20. The van der Waals surface area contributed by atoms with Gasteiger partial charge in [-0.25, -0.2) is 0 Å². The normalized spacial score (nSPS) is 10.6. The van der Waals surface area contributed by atoms with Crippen LogP contribution in [0.2, 0.25) is 0 Å². The van der Waals surface area contributed by atoms with E-state index in [1.54, 1.807) is 11.9 Å². The van der Waals surface area contributed by atoms with Crippen LogP contribution >= 0.6 is 11.9 Å². The predicted molar refractivity (Wildman–Crippen MR) is 94.5 cm³/mol. The smallest absolute Gasteiger partial charge is 0.0691 e. The van der Waals surface area contributed by atoms with E-state index < -0.39 is 0 Å². The van der Waals surface area contributed by atoms with E-state index in [2.05, 4.69) is 57.3 Å². The molecule has 22 heavy (non-hydrogen) atoms. The molecule has 3 nitrogen and oxygen atoms in total. The topological polar surface area (TPSA) is 29.0 Å². The molecule has 2 aromatic carbocycles. The first-order valence-corrected chi connectivity index (χ1v) is 8.07. The average molecular weight is 309 g/mol. The van der Waals surface area contributed by atoms with Gasteiger partial charge in [-0.2, -0.15) is 0 Å². The first-order valence-electron chi connectivity index (χ1n) is 7.25. The van der Waals surface area contributed by atoms with Crippen molar-refractivity contribution in [3.8, 4) is 5.69 Å². The van der Waals surface area contributed by atoms with E-state index >= 15 is 0 Å². The first kappa shape index (κ1) is 14.8. The Kier molecular flexibility index (Phi) is 4.83. The number of benzene rings is 2. The van der Waals surface area contributed by atoms with Crippen LogP contribution in [-0.2, 0) is 6.54 Å². The van der Waals surface area contributed by atoms with Gasteiger partial charge in [0.05, 0.1) is 11.4 Å². The van der Waals surface area contributed by atoms with Gasteiger partial charge in [0, 0.05) is 23.8 Å². The van der Waals surface area contributed by atoms with Crippen LogP contribution in [0.15, 0.2) is 78.0 Å². The highest BCUT2D eigenvalue weighted by molar-refractivity contribution is 8.00. The van der Waals surface area contributed by atoms with Crippen LogP contribution in [0.5, 0.6) is 0 Å². The van der Waals surface area contributed by atoms with Crippen molar-refractivity contribution in [3.63, 3.8) is 0 Å². The molecule has 3 rings (SSSR count). The minimum Gasteiger partial charge on any atom is -0.324 e. The van der Waals surface area contributed by atoms with Crippen molar-refractivity contribution in [2.24, 2.45) is 0 Å². The molecule has 1 aromatic heterocycles. The van der Waals surface area contributed by atoms with Crippen LogP contribution < -0.4 is 10.0 Å². The fraction of sp³-hybridized carbons (Fsp3) is 0.111. The first-order chi connectivity index (χ1) is 10.9. The quantitative estimate of drug-likeness (QED) is 0.665. The van der Waals surface area contributed by atoms with Crippen LogP contribution in [-0.4, -0.2) is 11.6 Å². The van der Waals surface area contributed by atoms with Crippen molar-refractivity contribution < 1.29 is 0 Å². The molecule has 0 saturated carbocycles. The zero-order chi connectivity index (χ0) is 15.2. The van der Waals surface area contributed by atoms with Gasteiger partial charge in [0.25, 0.3) is 0 Å². The van der Waals surface area contributed by atoms with Gasteiger partial charge in [-0.05, 0) is 61.0 Å². The molecule has 0 atom stereocenters. The van der Waals surface area contributed by atoms with Crippen molar-refractivity contribution in [2.45, 2.75) is 11.4 Å². The zero-order valence-electron chi connectivity index (χ0n) is 12.5. The Morgan fingerprint density at radius 3 is 2.45 bits per heavy atom. The Bertz CT molecular complexity index is 708. The van der Waals surface area contributed by atoms with E-state index in [0.717, 1.165) is 17.9 Å². The molecule has 0 aliphatic heterocycles. The maximum absolute atomic E-state index is 3.48. The number of nitrogens with one attached hydrogen (secondary N) is 2. The summed E-state index contributed by atoms with van der Waals surface area (Å²) in [6.07, 6.45) is 4.12. The van der Waals surface area contributed by atoms with Crippen LogP contribution in [0, 0.1) is 0 Å². The van der Waals surface area contributed by atoms with Crippen molar-refractivity contribution in [2.75, 3.05) is 11.8 Å². The number of hydrogen-bond donors (Lipinski definition) is 2. The Balaban J connectivity index is 1.87. The maximum Gasteiger partial charge on any atom is 0.0691 e. The molecule has 2 N–H and O–H groups in total. The number of nitrogens with zero attached hydrogens (tertiary/aromatic N) is 1. The molecule has 0 amide bonds. The molecule has 0 saturated heterocycles. The van der Waals surface area contributed by atoms with Gasteiger partial charge in [0.1, 0.15) is 0 Å². The molecular formula is C18H19N3S. The minimum atomic E-state index is 0.858. The molecule has 1 heterocycles. The molecule has 112 valence electrons. The third kappa shape index (κ3) is 3.53. The van der Waals surface area contributed by atoms with Crippen molar-refractivity contribution in [1.29, 1.82) is 0 Å². The number of rotatable bonds is 6. The summed E-state index contributed by atoms with van der Waals surface area (Å²) in [4.78, 5) is 1.19. The van der Waals surface area contributed by atoms with E-state index in [1.165, 1.54) is 10.5 Å². The second-order valence-corrected chi connectivity index (χ2v) is 5.87. The van der Waals surface area contributed by atoms with Gasteiger partial charge in [-0.3, -0.25) is 0 Å². The van der Waals surface area contributed by atoms with Crippen molar-refractivity contribution in [1.82, 2.24) is 9.88 Å². The van der Waals surface area contributed by atoms with E-state index in [1.807, 2.05) is 37.4 Å². The highest BCUT2D eigenvalue weighted by Crippen LogP contribution is 2.27. The fourth-order valence-corrected chi connectivity index (χ4v) is 2.99. The SMILES string of the molecule is CNCc1ccc(-n2cccc2)c(NSc2ccccc2)c1. The van der Waals surface area contributed by atoms with Crippen LogP contribution in [0.1, 0.15) is 5.56 Å². The van der Waals surface area contributed by atoms with Crippen LogP contribution in [0.3, 0.4) is 0 Å². The second-order valence-electron chi connectivity index (χ2n) is 4.99. The van der Waals surface area contributed by atoms with Crippen LogP contribution in [0.25, 0.3) is 5.69 Å². The molecule has 0 fully saturated rings. The van der Waals surface area contributed by atoms with E-state index in [4.69, 9.17) is 0 Å². The Morgan fingerprint density at radius 2 is 1.73 bits per heavy atom. The molecule has 0 unspecified atom stereocenters. The number of anilines is 1. The molecule has 0 aliphatic rings. The van der Waals surface area contributed by atoms with Gasteiger partial charge in [0.2, 0.25) is 0 Å². The molecule has 4 heteroatoms. The Morgan fingerprint density at radius 1 is 0.955 bits per heavy atom. The van der Waals surface area contributed by atoms with E-state index in [9.17, 15) is 0 Å². The lowest BCUT2D eigenvalue weighted by Crippen LogP contribution is -2.06. The van der Waals surface area contributed by atoms with Gasteiger partial charge in [-0.15, -0.1) is 0 Å². The molecule has 0 spiro atoms. The average Bonchev–Trinajstić information content (AvgIpc) is 3.09. The lowest BCUT2D eigenvalue weighted by molar-refractivity contribution is 0.818. The predicted octanol–water partition coefficient (Wildman–Crippen LogP) is 4.32. The molecule has 0 radical (unpaired) electrons. The maximum atomic E-state index is 3.48. The summed E-state index contributed by atoms with van der Waals surface area (Å²) < 4.78 is 5.61.